The van der Waals surface area contributed by atoms with Crippen LogP contribution in [0.2, 0.25) is 0 Å². The van der Waals surface area contributed by atoms with Crippen LogP contribution >= 0.6 is 0 Å². The highest BCUT2D eigenvalue weighted by Crippen LogP contribution is 2.08. The topological polar surface area (TPSA) is 64.1 Å². The number of rotatable bonds is 5. The molecule has 0 saturated heterocycles. The molecule has 1 N–H and O–H groups in total. The van der Waals surface area contributed by atoms with E-state index < -0.39 is 5.97 Å². The lowest BCUT2D eigenvalue weighted by molar-refractivity contribution is 0.0586. The number of hydrogen-bond acceptors (Lipinski definition) is 5. The molecule has 0 unspecified atom stereocenters. The second kappa shape index (κ2) is 6.65. The van der Waals surface area contributed by atoms with Gasteiger partial charge in [0.2, 0.25) is 5.82 Å². The molecule has 0 spiro atoms. The molecule has 0 atom stereocenters. The van der Waals surface area contributed by atoms with Crippen molar-refractivity contribution < 1.29 is 9.53 Å². The number of hydrogen-bond donors (Lipinski definition) is 1. The number of aryl methyl sites for hydroxylation is 1. The quantitative estimate of drug-likeness (QED) is 0.845. The van der Waals surface area contributed by atoms with Gasteiger partial charge in [-0.3, -0.25) is 0 Å². The largest absolute Gasteiger partial charge is 0.463 e. The number of aromatic nitrogens is 2. The number of esters is 1. The van der Waals surface area contributed by atoms with E-state index in [2.05, 4.69) is 32.2 Å². The van der Waals surface area contributed by atoms with Crippen molar-refractivity contribution in [1.82, 2.24) is 9.97 Å². The molecule has 0 fully saturated rings. The third-order valence-electron chi connectivity index (χ3n) is 2.78. The third-order valence-corrected chi connectivity index (χ3v) is 2.78. The average Bonchev–Trinajstić information content (AvgIpc) is 2.47. The number of anilines is 1. The van der Waals surface area contributed by atoms with E-state index >= 15 is 0 Å². The van der Waals surface area contributed by atoms with E-state index in [1.807, 2.05) is 25.1 Å². The van der Waals surface area contributed by atoms with Crippen molar-refractivity contribution in [2.24, 2.45) is 0 Å². The monoisotopic (exact) mass is 271 g/mol. The summed E-state index contributed by atoms with van der Waals surface area (Å²) in [5, 5.41) is 3.19. The van der Waals surface area contributed by atoms with Gasteiger partial charge in [0.1, 0.15) is 5.82 Å². The zero-order chi connectivity index (χ0) is 14.4. The molecule has 20 heavy (non-hydrogen) atoms. The molecule has 1 aromatic carbocycles. The fourth-order valence-electron chi connectivity index (χ4n) is 1.82. The molecule has 104 valence electrons. The van der Waals surface area contributed by atoms with Crippen LogP contribution in [0.25, 0.3) is 0 Å². The fraction of sp³-hybridized carbons (Fsp3) is 0.267. The van der Waals surface area contributed by atoms with Gasteiger partial charge in [-0.05, 0) is 18.9 Å². The van der Waals surface area contributed by atoms with Gasteiger partial charge < -0.3 is 10.1 Å². The van der Waals surface area contributed by atoms with Crippen molar-refractivity contribution in [3.05, 3.63) is 53.5 Å². The van der Waals surface area contributed by atoms with E-state index in [1.165, 1.54) is 12.7 Å². The Morgan fingerprint density at radius 2 is 2.00 bits per heavy atom. The summed E-state index contributed by atoms with van der Waals surface area (Å²) in [6, 6.07) is 12.0. The zero-order valence-corrected chi connectivity index (χ0v) is 11.6. The first-order valence-electron chi connectivity index (χ1n) is 6.41. The number of methoxy groups -OCH3 is 1. The molecule has 0 amide bonds. The van der Waals surface area contributed by atoms with Crippen molar-refractivity contribution in [2.75, 3.05) is 19.0 Å². The van der Waals surface area contributed by atoms with Crippen LogP contribution in [0.5, 0.6) is 0 Å². The Kier molecular flexibility index (Phi) is 4.65. The minimum absolute atomic E-state index is 0.0784. The lowest BCUT2D eigenvalue weighted by atomic mass is 10.1. The van der Waals surface area contributed by atoms with Crippen LogP contribution in [0.15, 0.2) is 36.4 Å². The van der Waals surface area contributed by atoms with Gasteiger partial charge in [0.05, 0.1) is 7.11 Å². The maximum absolute atomic E-state index is 11.4. The van der Waals surface area contributed by atoms with Crippen molar-refractivity contribution in [1.29, 1.82) is 0 Å². The summed E-state index contributed by atoms with van der Waals surface area (Å²) in [5.41, 5.74) is 1.97. The second-order valence-electron chi connectivity index (χ2n) is 4.37. The summed E-state index contributed by atoms with van der Waals surface area (Å²) in [5.74, 6) is 0.184. The number of carbonyl (C=O) groups excluding carboxylic acids is 1. The van der Waals surface area contributed by atoms with Gasteiger partial charge in [-0.2, -0.15) is 0 Å². The molecule has 5 nitrogen and oxygen atoms in total. The van der Waals surface area contributed by atoms with E-state index in [-0.39, 0.29) is 5.82 Å². The van der Waals surface area contributed by atoms with Crippen LogP contribution in [-0.2, 0) is 11.2 Å². The molecule has 1 aromatic heterocycles. The van der Waals surface area contributed by atoms with Crippen molar-refractivity contribution in [2.45, 2.75) is 13.3 Å². The van der Waals surface area contributed by atoms with Crippen molar-refractivity contribution in [3.63, 3.8) is 0 Å². The molecule has 1 heterocycles. The van der Waals surface area contributed by atoms with E-state index in [9.17, 15) is 4.79 Å². The van der Waals surface area contributed by atoms with E-state index in [0.29, 0.717) is 5.82 Å². The Balaban J connectivity index is 1.99. The number of carbonyl (C=O) groups is 1. The second-order valence-corrected chi connectivity index (χ2v) is 4.37. The molecule has 2 aromatic rings. The predicted molar refractivity (Wildman–Crippen MR) is 76.7 cm³/mol. The van der Waals surface area contributed by atoms with Crippen LogP contribution in [0.4, 0.5) is 5.82 Å². The normalized spacial score (nSPS) is 10.1. The molecule has 0 aliphatic heterocycles. The predicted octanol–water partition coefficient (Wildman–Crippen LogP) is 2.23. The molecule has 0 aliphatic rings. The summed E-state index contributed by atoms with van der Waals surface area (Å²) in [4.78, 5) is 19.6. The molecule has 5 heteroatoms. The molecule has 2 rings (SSSR count). The summed E-state index contributed by atoms with van der Waals surface area (Å²) in [6.45, 7) is 2.55. The molecule has 0 aliphatic carbocycles. The molecule has 0 radical (unpaired) electrons. The summed E-state index contributed by atoms with van der Waals surface area (Å²) < 4.78 is 4.63. The summed E-state index contributed by atoms with van der Waals surface area (Å²) >= 11 is 0. The van der Waals surface area contributed by atoms with Crippen LogP contribution < -0.4 is 5.32 Å². The van der Waals surface area contributed by atoms with Crippen LogP contribution in [-0.4, -0.2) is 29.6 Å². The lowest BCUT2D eigenvalue weighted by Gasteiger charge is -2.07. The average molecular weight is 271 g/mol. The first-order valence-corrected chi connectivity index (χ1v) is 6.41. The Bertz CT molecular complexity index is 585. The number of nitrogens with one attached hydrogen (secondary N) is 1. The van der Waals surface area contributed by atoms with Crippen molar-refractivity contribution >= 4 is 11.8 Å². The first-order chi connectivity index (χ1) is 9.69. The highest BCUT2D eigenvalue weighted by molar-refractivity contribution is 5.85. The Morgan fingerprint density at radius 3 is 2.70 bits per heavy atom. The van der Waals surface area contributed by atoms with Gasteiger partial charge in [-0.1, -0.05) is 30.3 Å². The standard InChI is InChI=1S/C15H17N3O2/c1-11-10-13(18-14(17-11)15(19)20-2)16-9-8-12-6-4-3-5-7-12/h3-7,10H,8-9H2,1-2H3,(H,16,17,18). The number of benzene rings is 1. The number of nitrogens with zero attached hydrogens (tertiary/aromatic N) is 2. The maximum atomic E-state index is 11.4. The van der Waals surface area contributed by atoms with E-state index in [0.717, 1.165) is 18.7 Å². The van der Waals surface area contributed by atoms with E-state index in [4.69, 9.17) is 0 Å². The van der Waals surface area contributed by atoms with Crippen LogP contribution in [0.3, 0.4) is 0 Å². The van der Waals surface area contributed by atoms with Crippen LogP contribution in [0, 0.1) is 6.92 Å². The van der Waals surface area contributed by atoms with E-state index in [1.54, 1.807) is 6.07 Å². The third kappa shape index (κ3) is 3.78. The Labute approximate surface area is 118 Å². The van der Waals surface area contributed by atoms with Gasteiger partial charge in [-0.15, -0.1) is 0 Å². The molecule has 0 bridgehead atoms. The highest BCUT2D eigenvalue weighted by atomic mass is 16.5. The highest BCUT2D eigenvalue weighted by Gasteiger charge is 2.11. The molecular formula is C15H17N3O2. The minimum Gasteiger partial charge on any atom is -0.463 e. The van der Waals surface area contributed by atoms with Gasteiger partial charge in [0.15, 0.2) is 0 Å². The Morgan fingerprint density at radius 1 is 1.25 bits per heavy atom. The smallest absolute Gasteiger partial charge is 0.376 e. The SMILES string of the molecule is COC(=O)c1nc(C)cc(NCCc2ccccc2)n1. The molecule has 0 saturated carbocycles. The van der Waals surface area contributed by atoms with Gasteiger partial charge in [-0.25, -0.2) is 14.8 Å². The van der Waals surface area contributed by atoms with Crippen molar-refractivity contribution in [3.8, 4) is 0 Å². The van der Waals surface area contributed by atoms with Crippen LogP contribution in [0.1, 0.15) is 21.9 Å². The van der Waals surface area contributed by atoms with Gasteiger partial charge >= 0.3 is 5.97 Å². The number of ether oxygens (including phenoxy) is 1. The van der Waals surface area contributed by atoms with Gasteiger partial charge in [0.25, 0.3) is 0 Å². The fourth-order valence-corrected chi connectivity index (χ4v) is 1.82. The maximum Gasteiger partial charge on any atom is 0.376 e. The summed E-state index contributed by atoms with van der Waals surface area (Å²) in [6.07, 6.45) is 0.886. The minimum atomic E-state index is -0.528. The Hall–Kier alpha value is -2.43. The van der Waals surface area contributed by atoms with Gasteiger partial charge in [0, 0.05) is 18.3 Å². The lowest BCUT2D eigenvalue weighted by Crippen LogP contribution is -2.12. The summed E-state index contributed by atoms with van der Waals surface area (Å²) in [7, 11) is 1.32. The molecular weight excluding hydrogens is 254 g/mol. The zero-order valence-electron chi connectivity index (χ0n) is 11.6. The first kappa shape index (κ1) is 14.0.